The Morgan fingerprint density at radius 3 is 2.50 bits per heavy atom. The number of aromatic nitrogens is 1. The lowest BCUT2D eigenvalue weighted by Gasteiger charge is -2.14. The Labute approximate surface area is 114 Å². The van der Waals surface area contributed by atoms with Crippen molar-refractivity contribution in [2.24, 2.45) is 5.92 Å². The molecule has 0 bridgehead atoms. The second kappa shape index (κ2) is 6.62. The first kappa shape index (κ1) is 16.3. The number of amides is 2. The molecular weight excluding hydrogens is 275 g/mol. The van der Waals surface area contributed by atoms with Crippen LogP contribution in [0.4, 0.5) is 24.0 Å². The SMILES string of the molecule is CC(C)CC[C@H](C)NC(=O)Nc1nc(C(F)(F)F)co1. The monoisotopic (exact) mass is 293 g/mol. The summed E-state index contributed by atoms with van der Waals surface area (Å²) >= 11 is 0. The van der Waals surface area contributed by atoms with Gasteiger partial charge in [-0.15, -0.1) is 0 Å². The van der Waals surface area contributed by atoms with E-state index >= 15 is 0 Å². The number of urea groups is 1. The summed E-state index contributed by atoms with van der Waals surface area (Å²) in [4.78, 5) is 14.7. The van der Waals surface area contributed by atoms with Gasteiger partial charge in [-0.25, -0.2) is 4.79 Å². The molecule has 1 heterocycles. The van der Waals surface area contributed by atoms with Crippen LogP contribution in [0.15, 0.2) is 10.7 Å². The van der Waals surface area contributed by atoms with Gasteiger partial charge in [-0.1, -0.05) is 13.8 Å². The van der Waals surface area contributed by atoms with Crippen molar-refractivity contribution in [3.05, 3.63) is 12.0 Å². The molecule has 5 nitrogen and oxygen atoms in total. The maximum atomic E-state index is 12.3. The van der Waals surface area contributed by atoms with E-state index in [9.17, 15) is 18.0 Å². The number of oxazole rings is 1. The molecule has 0 aliphatic rings. The molecule has 0 saturated carbocycles. The van der Waals surface area contributed by atoms with Crippen molar-refractivity contribution in [1.29, 1.82) is 0 Å². The van der Waals surface area contributed by atoms with Crippen LogP contribution < -0.4 is 10.6 Å². The van der Waals surface area contributed by atoms with Crippen LogP contribution in [0.1, 0.15) is 39.3 Å². The molecule has 0 aliphatic heterocycles. The Balaban J connectivity index is 2.44. The number of halogens is 3. The first-order valence-electron chi connectivity index (χ1n) is 6.28. The smallest absolute Gasteiger partial charge is 0.431 e. The Morgan fingerprint density at radius 2 is 2.00 bits per heavy atom. The van der Waals surface area contributed by atoms with E-state index < -0.39 is 23.9 Å². The lowest BCUT2D eigenvalue weighted by Crippen LogP contribution is -2.36. The number of hydrogen-bond acceptors (Lipinski definition) is 3. The second-order valence-electron chi connectivity index (χ2n) is 5.01. The van der Waals surface area contributed by atoms with Crippen LogP contribution in [0.5, 0.6) is 0 Å². The van der Waals surface area contributed by atoms with Gasteiger partial charge in [-0.05, 0) is 25.7 Å². The summed E-state index contributed by atoms with van der Waals surface area (Å²) in [5.74, 6) is 0.517. The minimum absolute atomic E-state index is 0.0885. The van der Waals surface area contributed by atoms with E-state index in [0.717, 1.165) is 12.8 Å². The summed E-state index contributed by atoms with van der Waals surface area (Å²) in [6, 6.07) is -1.21. The van der Waals surface area contributed by atoms with E-state index in [1.165, 1.54) is 0 Å². The van der Waals surface area contributed by atoms with Gasteiger partial charge in [0.05, 0.1) is 0 Å². The Bertz CT molecular complexity index is 443. The standard InChI is InChI=1S/C12H18F3N3O2/c1-7(2)4-5-8(3)16-10(19)18-11-17-9(6-20-11)12(13,14)15/h6-8H,4-5H2,1-3H3,(H2,16,17,18,19)/t8-/m0/s1. The molecule has 0 aromatic carbocycles. The van der Waals surface area contributed by atoms with Crippen molar-refractivity contribution >= 4 is 12.0 Å². The van der Waals surface area contributed by atoms with Crippen LogP contribution in [0.25, 0.3) is 0 Å². The van der Waals surface area contributed by atoms with Gasteiger partial charge in [0.25, 0.3) is 0 Å². The van der Waals surface area contributed by atoms with Crippen LogP contribution in [0, 0.1) is 5.92 Å². The van der Waals surface area contributed by atoms with Gasteiger partial charge in [0.1, 0.15) is 6.26 Å². The molecule has 0 radical (unpaired) electrons. The molecule has 20 heavy (non-hydrogen) atoms. The van der Waals surface area contributed by atoms with Gasteiger partial charge < -0.3 is 9.73 Å². The number of alkyl halides is 3. The molecule has 2 N–H and O–H groups in total. The van der Waals surface area contributed by atoms with Gasteiger partial charge in [0.15, 0.2) is 5.69 Å². The van der Waals surface area contributed by atoms with E-state index in [-0.39, 0.29) is 6.04 Å². The normalized spacial score (nSPS) is 13.3. The topological polar surface area (TPSA) is 67.2 Å². The third-order valence-electron chi connectivity index (χ3n) is 2.57. The number of nitrogens with zero attached hydrogens (tertiary/aromatic N) is 1. The molecule has 114 valence electrons. The molecule has 1 atom stereocenters. The Hall–Kier alpha value is -1.73. The van der Waals surface area contributed by atoms with Crippen molar-refractivity contribution in [2.75, 3.05) is 5.32 Å². The maximum Gasteiger partial charge on any atom is 0.436 e. The van der Waals surface area contributed by atoms with Crippen molar-refractivity contribution in [3.63, 3.8) is 0 Å². The summed E-state index contributed by atoms with van der Waals surface area (Å²) in [5, 5.41) is 4.73. The molecule has 8 heteroatoms. The van der Waals surface area contributed by atoms with Crippen molar-refractivity contribution in [3.8, 4) is 0 Å². The zero-order valence-corrected chi connectivity index (χ0v) is 11.5. The number of anilines is 1. The van der Waals surface area contributed by atoms with E-state index in [1.807, 2.05) is 6.92 Å². The number of rotatable bonds is 5. The average Bonchev–Trinajstić information content (AvgIpc) is 2.74. The fourth-order valence-corrected chi connectivity index (χ4v) is 1.47. The maximum absolute atomic E-state index is 12.3. The van der Waals surface area contributed by atoms with Crippen LogP contribution in [-0.4, -0.2) is 17.1 Å². The lowest BCUT2D eigenvalue weighted by atomic mass is 10.0. The summed E-state index contributed by atoms with van der Waals surface area (Å²) in [6.45, 7) is 5.95. The first-order valence-corrected chi connectivity index (χ1v) is 6.28. The molecule has 0 unspecified atom stereocenters. The zero-order valence-electron chi connectivity index (χ0n) is 11.5. The Kier molecular flexibility index (Phi) is 5.41. The van der Waals surface area contributed by atoms with Gasteiger partial charge in [-0.3, -0.25) is 5.32 Å². The molecule has 0 fully saturated rings. The summed E-state index contributed by atoms with van der Waals surface area (Å²) < 4.78 is 41.4. The third kappa shape index (κ3) is 5.50. The molecule has 0 aliphatic carbocycles. The van der Waals surface area contributed by atoms with Crippen molar-refractivity contribution < 1.29 is 22.4 Å². The summed E-state index contributed by atoms with van der Waals surface area (Å²) in [5.41, 5.74) is -1.18. The Morgan fingerprint density at radius 1 is 1.35 bits per heavy atom. The van der Waals surface area contributed by atoms with Crippen LogP contribution in [0.2, 0.25) is 0 Å². The van der Waals surface area contributed by atoms with E-state index in [4.69, 9.17) is 0 Å². The van der Waals surface area contributed by atoms with Crippen LogP contribution in [-0.2, 0) is 6.18 Å². The summed E-state index contributed by atoms with van der Waals surface area (Å²) in [6.07, 6.45) is -2.41. The highest BCUT2D eigenvalue weighted by Gasteiger charge is 2.35. The minimum Gasteiger partial charge on any atom is -0.431 e. The zero-order chi connectivity index (χ0) is 15.3. The average molecular weight is 293 g/mol. The molecule has 0 saturated heterocycles. The van der Waals surface area contributed by atoms with Gasteiger partial charge in [0.2, 0.25) is 0 Å². The second-order valence-corrected chi connectivity index (χ2v) is 5.01. The van der Waals surface area contributed by atoms with E-state index in [1.54, 1.807) is 0 Å². The molecule has 2 amide bonds. The third-order valence-corrected chi connectivity index (χ3v) is 2.57. The molecule has 1 aromatic heterocycles. The van der Waals surface area contributed by atoms with Crippen LogP contribution in [0.3, 0.4) is 0 Å². The quantitative estimate of drug-likeness (QED) is 0.871. The first-order chi connectivity index (χ1) is 9.18. The predicted molar refractivity (Wildman–Crippen MR) is 67.2 cm³/mol. The largest absolute Gasteiger partial charge is 0.436 e. The lowest BCUT2D eigenvalue weighted by molar-refractivity contribution is -0.141. The number of hydrogen-bond donors (Lipinski definition) is 2. The van der Waals surface area contributed by atoms with Crippen molar-refractivity contribution in [1.82, 2.24) is 10.3 Å². The van der Waals surface area contributed by atoms with Gasteiger partial charge >= 0.3 is 18.2 Å². The number of carbonyl (C=O) groups excluding carboxylic acids is 1. The fourth-order valence-electron chi connectivity index (χ4n) is 1.47. The molecular formula is C12H18F3N3O2. The highest BCUT2D eigenvalue weighted by Crippen LogP contribution is 2.29. The van der Waals surface area contributed by atoms with Gasteiger partial charge in [-0.2, -0.15) is 18.2 Å². The number of carbonyl (C=O) groups is 1. The molecule has 1 aromatic rings. The molecule has 1 rings (SSSR count). The van der Waals surface area contributed by atoms with Gasteiger partial charge in [0, 0.05) is 6.04 Å². The minimum atomic E-state index is -4.59. The van der Waals surface area contributed by atoms with Crippen molar-refractivity contribution in [2.45, 2.75) is 45.8 Å². The molecule has 0 spiro atoms. The summed E-state index contributed by atoms with van der Waals surface area (Å²) in [7, 11) is 0. The van der Waals surface area contributed by atoms with E-state index in [2.05, 4.69) is 33.9 Å². The predicted octanol–water partition coefficient (Wildman–Crippen LogP) is 3.64. The van der Waals surface area contributed by atoms with Crippen LogP contribution >= 0.6 is 0 Å². The fraction of sp³-hybridized carbons (Fsp3) is 0.667. The van der Waals surface area contributed by atoms with E-state index in [0.29, 0.717) is 12.2 Å². The highest BCUT2D eigenvalue weighted by molar-refractivity contribution is 5.87. The highest BCUT2D eigenvalue weighted by atomic mass is 19.4. The number of nitrogens with one attached hydrogen (secondary N) is 2.